The molecule has 4 nitrogen and oxygen atoms in total. The fourth-order valence-corrected chi connectivity index (χ4v) is 1.21. The summed E-state index contributed by atoms with van der Waals surface area (Å²) in [5.74, 6) is -0.936. The normalized spacial score (nSPS) is 9.79. The molecule has 0 radical (unpaired) electrons. The zero-order chi connectivity index (χ0) is 10.6. The maximum absolute atomic E-state index is 11.4. The van der Waals surface area contributed by atoms with Gasteiger partial charge in [0.2, 0.25) is 0 Å². The molecule has 1 aromatic rings. The van der Waals surface area contributed by atoms with Crippen molar-refractivity contribution in [3.05, 3.63) is 23.8 Å². The van der Waals surface area contributed by atoms with Crippen molar-refractivity contribution in [2.75, 3.05) is 11.9 Å². The Kier molecular flexibility index (Phi) is 3.76. The number of carbonyl (C=O) groups excluding carboxylic acids is 1. The molecule has 1 amide bonds. The Morgan fingerprint density at radius 2 is 1.93 bits per heavy atom. The minimum absolute atomic E-state index is 0.0894. The van der Waals surface area contributed by atoms with Gasteiger partial charge in [0.15, 0.2) is 0 Å². The number of amides is 1. The van der Waals surface area contributed by atoms with E-state index in [1.54, 1.807) is 0 Å². The number of alkyl halides is 1. The Morgan fingerprint density at radius 3 is 2.43 bits per heavy atom. The average molecular weight is 260 g/mol. The highest BCUT2D eigenvalue weighted by Gasteiger charge is 2.14. The Balaban J connectivity index is 2.89. The molecule has 0 spiro atoms. The number of halogens is 1. The van der Waals surface area contributed by atoms with Gasteiger partial charge in [-0.3, -0.25) is 4.79 Å². The standard InChI is InChI=1S/C9H10BrNO3/c10-4-5-11-9(14)8-6(12)2-1-3-7(8)13/h1-3,12-13H,4-5H2,(H,11,14). The summed E-state index contributed by atoms with van der Waals surface area (Å²) in [6.07, 6.45) is 0. The molecule has 1 rings (SSSR count). The zero-order valence-electron chi connectivity index (χ0n) is 7.33. The topological polar surface area (TPSA) is 69.6 Å². The van der Waals surface area contributed by atoms with Crippen molar-refractivity contribution in [1.82, 2.24) is 5.32 Å². The summed E-state index contributed by atoms with van der Waals surface area (Å²) in [5.41, 5.74) is -0.0894. The second-order valence-electron chi connectivity index (χ2n) is 2.62. The van der Waals surface area contributed by atoms with Crippen molar-refractivity contribution in [1.29, 1.82) is 0 Å². The molecule has 0 atom stereocenters. The summed E-state index contributed by atoms with van der Waals surface area (Å²) >= 11 is 3.15. The minimum Gasteiger partial charge on any atom is -0.507 e. The molecule has 0 heterocycles. The van der Waals surface area contributed by atoms with Crippen LogP contribution in [0, 0.1) is 0 Å². The number of aromatic hydroxyl groups is 2. The molecule has 0 bridgehead atoms. The Bertz CT molecular complexity index is 321. The molecule has 0 saturated heterocycles. The predicted molar refractivity (Wildman–Crippen MR) is 55.9 cm³/mol. The van der Waals surface area contributed by atoms with Gasteiger partial charge in [-0.1, -0.05) is 22.0 Å². The van der Waals surface area contributed by atoms with Gasteiger partial charge >= 0.3 is 0 Å². The highest BCUT2D eigenvalue weighted by atomic mass is 79.9. The van der Waals surface area contributed by atoms with E-state index in [0.29, 0.717) is 11.9 Å². The molecule has 0 aromatic heterocycles. The van der Waals surface area contributed by atoms with Crippen LogP contribution in [0.4, 0.5) is 0 Å². The molecule has 14 heavy (non-hydrogen) atoms. The lowest BCUT2D eigenvalue weighted by atomic mass is 10.1. The van der Waals surface area contributed by atoms with Gasteiger partial charge in [0.1, 0.15) is 17.1 Å². The highest BCUT2D eigenvalue weighted by molar-refractivity contribution is 9.09. The third-order valence-corrected chi connectivity index (χ3v) is 2.02. The van der Waals surface area contributed by atoms with Crippen LogP contribution in [0.25, 0.3) is 0 Å². The molecule has 0 aliphatic carbocycles. The molecule has 76 valence electrons. The van der Waals surface area contributed by atoms with E-state index in [1.165, 1.54) is 18.2 Å². The molecule has 0 aliphatic rings. The number of carbonyl (C=O) groups is 1. The first-order valence-electron chi connectivity index (χ1n) is 4.02. The summed E-state index contributed by atoms with van der Waals surface area (Å²) in [6.45, 7) is 0.437. The van der Waals surface area contributed by atoms with Gasteiger partial charge in [-0.05, 0) is 12.1 Å². The SMILES string of the molecule is O=C(NCCBr)c1c(O)cccc1O. The van der Waals surface area contributed by atoms with Gasteiger partial charge in [0.25, 0.3) is 5.91 Å². The van der Waals surface area contributed by atoms with Crippen LogP contribution in [0.15, 0.2) is 18.2 Å². The van der Waals surface area contributed by atoms with Gasteiger partial charge in [-0.25, -0.2) is 0 Å². The van der Waals surface area contributed by atoms with Gasteiger partial charge in [0.05, 0.1) is 0 Å². The van der Waals surface area contributed by atoms with Crippen LogP contribution < -0.4 is 5.32 Å². The van der Waals surface area contributed by atoms with E-state index in [9.17, 15) is 15.0 Å². The fourth-order valence-electron chi connectivity index (χ4n) is 1.01. The summed E-state index contributed by atoms with van der Waals surface area (Å²) in [4.78, 5) is 11.4. The number of hydrogen-bond acceptors (Lipinski definition) is 3. The second-order valence-corrected chi connectivity index (χ2v) is 3.41. The van der Waals surface area contributed by atoms with E-state index in [1.807, 2.05) is 0 Å². The fraction of sp³-hybridized carbons (Fsp3) is 0.222. The average Bonchev–Trinajstić information content (AvgIpc) is 2.14. The molecular weight excluding hydrogens is 250 g/mol. The van der Waals surface area contributed by atoms with E-state index in [-0.39, 0.29) is 17.1 Å². The third-order valence-electron chi connectivity index (χ3n) is 1.63. The zero-order valence-corrected chi connectivity index (χ0v) is 8.91. The smallest absolute Gasteiger partial charge is 0.258 e. The second kappa shape index (κ2) is 4.85. The maximum Gasteiger partial charge on any atom is 0.258 e. The van der Waals surface area contributed by atoms with Crippen molar-refractivity contribution in [3.8, 4) is 11.5 Å². The number of rotatable bonds is 3. The quantitative estimate of drug-likeness (QED) is 0.716. The molecule has 5 heteroatoms. The molecule has 0 aliphatic heterocycles. The number of hydrogen-bond donors (Lipinski definition) is 3. The van der Waals surface area contributed by atoms with Crippen LogP contribution in [0.3, 0.4) is 0 Å². The predicted octanol–water partition coefficient (Wildman–Crippen LogP) is 1.22. The monoisotopic (exact) mass is 259 g/mol. The van der Waals surface area contributed by atoms with Gasteiger partial charge in [-0.15, -0.1) is 0 Å². The van der Waals surface area contributed by atoms with Crippen molar-refractivity contribution in [2.24, 2.45) is 0 Å². The van der Waals surface area contributed by atoms with Crippen molar-refractivity contribution in [3.63, 3.8) is 0 Å². The molecule has 1 aromatic carbocycles. The summed E-state index contributed by atoms with van der Waals surface area (Å²) in [5, 5.41) is 21.8. The van der Waals surface area contributed by atoms with E-state index < -0.39 is 5.91 Å². The lowest BCUT2D eigenvalue weighted by molar-refractivity contribution is 0.0951. The molecular formula is C9H10BrNO3. The number of phenolic OH excluding ortho intramolecular Hbond substituents is 2. The maximum atomic E-state index is 11.4. The van der Waals surface area contributed by atoms with Gasteiger partial charge < -0.3 is 15.5 Å². The molecule has 3 N–H and O–H groups in total. The summed E-state index contributed by atoms with van der Waals surface area (Å²) in [6, 6.07) is 4.16. The van der Waals surface area contributed by atoms with Crippen LogP contribution in [-0.2, 0) is 0 Å². The van der Waals surface area contributed by atoms with Crippen LogP contribution in [0.2, 0.25) is 0 Å². The van der Waals surface area contributed by atoms with E-state index >= 15 is 0 Å². The van der Waals surface area contributed by atoms with E-state index in [0.717, 1.165) is 0 Å². The number of phenols is 2. The number of benzene rings is 1. The number of nitrogens with one attached hydrogen (secondary N) is 1. The first-order valence-corrected chi connectivity index (χ1v) is 5.14. The first kappa shape index (κ1) is 10.8. The van der Waals surface area contributed by atoms with Crippen molar-refractivity contribution < 1.29 is 15.0 Å². The molecule has 0 saturated carbocycles. The summed E-state index contributed by atoms with van der Waals surface area (Å²) < 4.78 is 0. The van der Waals surface area contributed by atoms with Crippen molar-refractivity contribution >= 4 is 21.8 Å². The van der Waals surface area contributed by atoms with Crippen LogP contribution >= 0.6 is 15.9 Å². The van der Waals surface area contributed by atoms with Gasteiger partial charge in [0, 0.05) is 11.9 Å². The molecule has 0 unspecified atom stereocenters. The lowest BCUT2D eigenvalue weighted by Crippen LogP contribution is -2.25. The van der Waals surface area contributed by atoms with Crippen LogP contribution in [0.5, 0.6) is 11.5 Å². The lowest BCUT2D eigenvalue weighted by Gasteiger charge is -2.06. The Morgan fingerprint density at radius 1 is 1.36 bits per heavy atom. The van der Waals surface area contributed by atoms with Crippen LogP contribution in [-0.4, -0.2) is 28.0 Å². The largest absolute Gasteiger partial charge is 0.507 e. The Labute approximate surface area is 89.7 Å². The van der Waals surface area contributed by atoms with E-state index in [2.05, 4.69) is 21.2 Å². The first-order chi connectivity index (χ1) is 6.66. The minimum atomic E-state index is -0.486. The third kappa shape index (κ3) is 2.38. The van der Waals surface area contributed by atoms with Crippen molar-refractivity contribution in [2.45, 2.75) is 0 Å². The highest BCUT2D eigenvalue weighted by Crippen LogP contribution is 2.25. The van der Waals surface area contributed by atoms with Crippen LogP contribution in [0.1, 0.15) is 10.4 Å². The molecule has 0 fully saturated rings. The van der Waals surface area contributed by atoms with E-state index in [4.69, 9.17) is 0 Å². The summed E-state index contributed by atoms with van der Waals surface area (Å²) in [7, 11) is 0. The Hall–Kier alpha value is -1.23. The van der Waals surface area contributed by atoms with Gasteiger partial charge in [-0.2, -0.15) is 0 Å².